The number of allylic oxidation sites excluding steroid dienone is 6. The van der Waals surface area contributed by atoms with Crippen molar-refractivity contribution in [1.29, 1.82) is 0 Å². The first-order valence-electron chi connectivity index (χ1n) is 12.2. The first-order valence-corrected chi connectivity index (χ1v) is 13.0. The Morgan fingerprint density at radius 2 is 1.31 bits per heavy atom. The van der Waals surface area contributed by atoms with Crippen molar-refractivity contribution in [3.8, 4) is 11.1 Å². The molecule has 1 nitrogen and oxygen atoms in total. The molecule has 0 atom stereocenters. The second-order valence-corrected chi connectivity index (χ2v) is 12.1. The number of rotatable bonds is 4. The molecule has 4 rings (SSSR count). The molecular weight excluding hydrogens is 444 g/mol. The van der Waals surface area contributed by atoms with E-state index in [9.17, 15) is 0 Å². The summed E-state index contributed by atoms with van der Waals surface area (Å²) in [5, 5.41) is 0. The highest BCUT2D eigenvalue weighted by Gasteiger charge is 2.28. The zero-order chi connectivity index (χ0) is 25.1. The van der Waals surface area contributed by atoms with Crippen LogP contribution in [-0.2, 0) is 5.41 Å². The molecule has 0 saturated heterocycles. The minimum atomic E-state index is -0.0786. The van der Waals surface area contributed by atoms with E-state index in [1.807, 2.05) is 17.8 Å². The number of thioether (sulfide) groups is 1. The molecule has 0 amide bonds. The second-order valence-electron chi connectivity index (χ2n) is 11.0. The Morgan fingerprint density at radius 3 is 1.91 bits per heavy atom. The van der Waals surface area contributed by atoms with Crippen molar-refractivity contribution in [3.63, 3.8) is 0 Å². The summed E-state index contributed by atoms with van der Waals surface area (Å²) in [4.78, 5) is 2.59. The van der Waals surface area contributed by atoms with Gasteiger partial charge in [0, 0.05) is 22.6 Å². The molecule has 0 radical (unpaired) electrons. The highest BCUT2D eigenvalue weighted by Crippen LogP contribution is 2.45. The summed E-state index contributed by atoms with van der Waals surface area (Å²) < 4.78 is 6.31. The third-order valence-electron chi connectivity index (χ3n) is 5.84. The predicted molar refractivity (Wildman–Crippen MR) is 154 cm³/mol. The van der Waals surface area contributed by atoms with E-state index in [2.05, 4.69) is 139 Å². The van der Waals surface area contributed by atoms with E-state index in [0.29, 0.717) is 0 Å². The molecule has 2 heteroatoms. The molecule has 0 spiro atoms. The second kappa shape index (κ2) is 10.3. The summed E-state index contributed by atoms with van der Waals surface area (Å²) in [6.45, 7) is 13.4. The maximum absolute atomic E-state index is 6.31. The molecule has 1 aromatic heterocycles. The summed E-state index contributed by atoms with van der Waals surface area (Å²) in [6.07, 6.45) is 11.0. The minimum Gasteiger partial charge on any atom is -0.212 e. The maximum Gasteiger partial charge on any atom is 0.353 e. The van der Waals surface area contributed by atoms with Crippen LogP contribution in [0, 0.1) is 5.41 Å². The molecule has 0 unspecified atom stereocenters. The molecule has 2 heterocycles. The largest absolute Gasteiger partial charge is 0.353 e. The molecule has 0 N–H and O–H groups in total. The van der Waals surface area contributed by atoms with Gasteiger partial charge >= 0.3 is 11.5 Å². The van der Waals surface area contributed by atoms with Crippen LogP contribution in [0.5, 0.6) is 0 Å². The summed E-state index contributed by atoms with van der Waals surface area (Å²) >= 11 is 1.84. The Labute approximate surface area is 215 Å². The SMILES string of the molecule is CC(C)(C)C1=CC(c2ccccc2)=C/C(=C/C=C/c2cc(-c3ccccc3)cc(C(C)(C)C)[o+]2)S1. The van der Waals surface area contributed by atoms with E-state index in [0.717, 1.165) is 11.5 Å². The van der Waals surface area contributed by atoms with Crippen molar-refractivity contribution < 1.29 is 4.42 Å². The molecule has 0 fully saturated rings. The first-order chi connectivity index (χ1) is 16.6. The lowest BCUT2D eigenvalue weighted by Crippen LogP contribution is -2.11. The standard InChI is InChI=1S/C33H35OS/c1-32(2,3)30-22-26(24-14-9-7-10-15-24)20-28(34-30)18-13-19-29-21-27(25-16-11-8-12-17-25)23-31(35-29)33(4,5)6/h7-23H,1-6H3/q+1/b18-13+,29-19-. The fourth-order valence-electron chi connectivity index (χ4n) is 3.78. The normalized spacial score (nSPS) is 15.9. The highest BCUT2D eigenvalue weighted by atomic mass is 32.2. The van der Waals surface area contributed by atoms with Crippen molar-refractivity contribution in [2.24, 2.45) is 5.41 Å². The number of hydrogen-bond acceptors (Lipinski definition) is 1. The fraction of sp³-hybridized carbons (Fsp3) is 0.242. The van der Waals surface area contributed by atoms with Crippen LogP contribution in [0.1, 0.15) is 58.6 Å². The van der Waals surface area contributed by atoms with Crippen LogP contribution >= 0.6 is 11.8 Å². The molecule has 0 aliphatic carbocycles. The van der Waals surface area contributed by atoms with Gasteiger partial charge in [0.2, 0.25) is 0 Å². The molecule has 2 aromatic carbocycles. The van der Waals surface area contributed by atoms with E-state index in [4.69, 9.17) is 4.42 Å². The van der Waals surface area contributed by atoms with Gasteiger partial charge in [-0.15, -0.1) is 0 Å². The molecule has 0 bridgehead atoms. The molecule has 0 saturated carbocycles. The lowest BCUT2D eigenvalue weighted by atomic mass is 9.91. The highest BCUT2D eigenvalue weighted by molar-refractivity contribution is 8.07. The van der Waals surface area contributed by atoms with Gasteiger partial charge < -0.3 is 0 Å². The van der Waals surface area contributed by atoms with Crippen LogP contribution in [0.3, 0.4) is 0 Å². The third-order valence-corrected chi connectivity index (χ3v) is 7.28. The number of hydrogen-bond donors (Lipinski definition) is 0. The van der Waals surface area contributed by atoms with Crippen LogP contribution in [0.4, 0.5) is 0 Å². The Kier molecular flexibility index (Phi) is 7.33. The van der Waals surface area contributed by atoms with E-state index in [1.165, 1.54) is 32.1 Å². The van der Waals surface area contributed by atoms with Crippen LogP contribution in [0.25, 0.3) is 22.8 Å². The Balaban J connectivity index is 1.69. The van der Waals surface area contributed by atoms with Gasteiger partial charge in [-0.3, -0.25) is 0 Å². The van der Waals surface area contributed by atoms with Crippen molar-refractivity contribution in [2.45, 2.75) is 47.0 Å². The van der Waals surface area contributed by atoms with Gasteiger partial charge in [-0.25, -0.2) is 4.42 Å². The van der Waals surface area contributed by atoms with Gasteiger partial charge in [-0.05, 0) is 66.0 Å². The Bertz CT molecular complexity index is 1290. The van der Waals surface area contributed by atoms with E-state index in [-0.39, 0.29) is 10.8 Å². The summed E-state index contributed by atoms with van der Waals surface area (Å²) in [7, 11) is 0. The molecule has 1 aliphatic heterocycles. The molecular formula is C33H35OS+. The molecule has 35 heavy (non-hydrogen) atoms. The van der Waals surface area contributed by atoms with Crippen LogP contribution in [0.2, 0.25) is 0 Å². The van der Waals surface area contributed by atoms with Gasteiger partial charge in [0.25, 0.3) is 0 Å². The van der Waals surface area contributed by atoms with E-state index >= 15 is 0 Å². The maximum atomic E-state index is 6.31. The summed E-state index contributed by atoms with van der Waals surface area (Å²) in [6, 6.07) is 25.4. The zero-order valence-corrected chi connectivity index (χ0v) is 22.4. The van der Waals surface area contributed by atoms with Gasteiger partial charge in [0.1, 0.15) is 0 Å². The fourth-order valence-corrected chi connectivity index (χ4v) is 4.86. The monoisotopic (exact) mass is 479 g/mol. The van der Waals surface area contributed by atoms with Crippen molar-refractivity contribution in [3.05, 3.63) is 124 Å². The summed E-state index contributed by atoms with van der Waals surface area (Å²) in [5.74, 6) is 1.83. The lowest BCUT2D eigenvalue weighted by molar-refractivity contribution is 0.392. The van der Waals surface area contributed by atoms with Crippen molar-refractivity contribution >= 4 is 23.4 Å². The molecule has 1 aliphatic rings. The van der Waals surface area contributed by atoms with Gasteiger partial charge in [0.05, 0.1) is 11.5 Å². The quantitative estimate of drug-likeness (QED) is 0.345. The molecule has 178 valence electrons. The predicted octanol–water partition coefficient (Wildman–Crippen LogP) is 10.2. The topological polar surface area (TPSA) is 11.3 Å². The van der Waals surface area contributed by atoms with E-state index < -0.39 is 0 Å². The first kappa shape index (κ1) is 25.0. The summed E-state index contributed by atoms with van der Waals surface area (Å²) in [5.41, 5.74) is 4.86. The van der Waals surface area contributed by atoms with Gasteiger partial charge in [-0.2, -0.15) is 0 Å². The Hall–Kier alpha value is -3.10. The zero-order valence-electron chi connectivity index (χ0n) is 21.6. The van der Waals surface area contributed by atoms with Crippen molar-refractivity contribution in [1.82, 2.24) is 0 Å². The average Bonchev–Trinajstić information content (AvgIpc) is 2.84. The number of benzene rings is 2. The Morgan fingerprint density at radius 1 is 0.686 bits per heavy atom. The van der Waals surface area contributed by atoms with Crippen LogP contribution < -0.4 is 0 Å². The smallest absolute Gasteiger partial charge is 0.212 e. The van der Waals surface area contributed by atoms with Crippen molar-refractivity contribution in [2.75, 3.05) is 0 Å². The molecule has 3 aromatic rings. The minimum absolute atomic E-state index is 0.0786. The van der Waals surface area contributed by atoms with E-state index in [1.54, 1.807) is 0 Å². The van der Waals surface area contributed by atoms with Gasteiger partial charge in [-0.1, -0.05) is 99.3 Å². The lowest BCUT2D eigenvalue weighted by Gasteiger charge is -2.26. The van der Waals surface area contributed by atoms with Crippen LogP contribution in [-0.4, -0.2) is 0 Å². The van der Waals surface area contributed by atoms with Crippen LogP contribution in [0.15, 0.2) is 111 Å². The average molecular weight is 480 g/mol. The van der Waals surface area contributed by atoms with Gasteiger partial charge in [0.15, 0.2) is 0 Å². The third kappa shape index (κ3) is 6.52.